The van der Waals surface area contributed by atoms with E-state index in [2.05, 4.69) is 27.9 Å². The standard InChI is InChI=1S/C14H20N4O2/c1-2-7-15-12-5-3-10(8-16-12)14(20)17-9-11-4-6-13(19)18-11/h3,5,8,11H,2,4,6-7,9H2,1H3,(H,15,16)(H,17,20)(H,18,19). The second-order valence-corrected chi connectivity index (χ2v) is 4.87. The summed E-state index contributed by atoms with van der Waals surface area (Å²) in [5.74, 6) is 0.657. The third kappa shape index (κ3) is 3.94. The first kappa shape index (κ1) is 14.3. The Morgan fingerprint density at radius 2 is 2.35 bits per heavy atom. The van der Waals surface area contributed by atoms with Gasteiger partial charge >= 0.3 is 0 Å². The van der Waals surface area contributed by atoms with Crippen LogP contribution >= 0.6 is 0 Å². The van der Waals surface area contributed by atoms with Crippen LogP contribution in [0.4, 0.5) is 5.82 Å². The topological polar surface area (TPSA) is 83.1 Å². The SMILES string of the molecule is CCCNc1ccc(C(=O)NCC2CCC(=O)N2)cn1. The fraction of sp³-hybridized carbons (Fsp3) is 0.500. The number of aromatic nitrogens is 1. The molecule has 1 aromatic rings. The van der Waals surface area contributed by atoms with E-state index in [4.69, 9.17) is 0 Å². The number of carbonyl (C=O) groups is 2. The van der Waals surface area contributed by atoms with Crippen LogP contribution in [0.1, 0.15) is 36.5 Å². The monoisotopic (exact) mass is 276 g/mol. The molecule has 1 aliphatic heterocycles. The largest absolute Gasteiger partial charge is 0.370 e. The van der Waals surface area contributed by atoms with Crippen molar-refractivity contribution in [2.24, 2.45) is 0 Å². The molecule has 0 bridgehead atoms. The Labute approximate surface area is 118 Å². The highest BCUT2D eigenvalue weighted by atomic mass is 16.2. The van der Waals surface area contributed by atoms with Crippen LogP contribution in [0.3, 0.4) is 0 Å². The van der Waals surface area contributed by atoms with Gasteiger partial charge in [-0.3, -0.25) is 9.59 Å². The first-order chi connectivity index (χ1) is 9.69. The lowest BCUT2D eigenvalue weighted by atomic mass is 10.2. The minimum Gasteiger partial charge on any atom is -0.370 e. The molecule has 1 aromatic heterocycles. The summed E-state index contributed by atoms with van der Waals surface area (Å²) >= 11 is 0. The Morgan fingerprint density at radius 3 is 2.95 bits per heavy atom. The van der Waals surface area contributed by atoms with Crippen LogP contribution in [0.2, 0.25) is 0 Å². The van der Waals surface area contributed by atoms with Gasteiger partial charge < -0.3 is 16.0 Å². The van der Waals surface area contributed by atoms with Gasteiger partial charge in [-0.15, -0.1) is 0 Å². The van der Waals surface area contributed by atoms with Gasteiger partial charge in [-0.25, -0.2) is 4.98 Å². The van der Waals surface area contributed by atoms with Crippen molar-refractivity contribution in [3.05, 3.63) is 23.9 Å². The van der Waals surface area contributed by atoms with Gasteiger partial charge in [-0.2, -0.15) is 0 Å². The van der Waals surface area contributed by atoms with Crippen molar-refractivity contribution in [3.63, 3.8) is 0 Å². The van der Waals surface area contributed by atoms with Crippen molar-refractivity contribution in [2.45, 2.75) is 32.2 Å². The molecule has 20 heavy (non-hydrogen) atoms. The van der Waals surface area contributed by atoms with Gasteiger partial charge in [0.2, 0.25) is 5.91 Å². The first-order valence-electron chi connectivity index (χ1n) is 6.96. The number of carbonyl (C=O) groups excluding carboxylic acids is 2. The van der Waals surface area contributed by atoms with Crippen molar-refractivity contribution in [1.29, 1.82) is 0 Å². The van der Waals surface area contributed by atoms with Gasteiger partial charge in [0.1, 0.15) is 5.82 Å². The number of nitrogens with zero attached hydrogens (tertiary/aromatic N) is 1. The minimum atomic E-state index is -0.166. The second kappa shape index (κ2) is 6.88. The molecule has 0 radical (unpaired) electrons. The summed E-state index contributed by atoms with van der Waals surface area (Å²) in [5.41, 5.74) is 0.524. The Bertz CT molecular complexity index is 473. The van der Waals surface area contributed by atoms with Gasteiger partial charge in [0.05, 0.1) is 5.56 Å². The molecule has 2 rings (SSSR count). The van der Waals surface area contributed by atoms with E-state index in [0.717, 1.165) is 25.2 Å². The van der Waals surface area contributed by atoms with E-state index in [0.29, 0.717) is 18.5 Å². The zero-order valence-electron chi connectivity index (χ0n) is 11.6. The quantitative estimate of drug-likeness (QED) is 0.721. The van der Waals surface area contributed by atoms with Crippen LogP contribution in [0.15, 0.2) is 18.3 Å². The summed E-state index contributed by atoms with van der Waals surface area (Å²) < 4.78 is 0. The number of hydrogen-bond donors (Lipinski definition) is 3. The van der Waals surface area contributed by atoms with Crippen molar-refractivity contribution >= 4 is 17.6 Å². The van der Waals surface area contributed by atoms with E-state index >= 15 is 0 Å². The predicted molar refractivity (Wildman–Crippen MR) is 76.5 cm³/mol. The van der Waals surface area contributed by atoms with Gasteiger partial charge in [0.25, 0.3) is 5.91 Å². The van der Waals surface area contributed by atoms with E-state index in [9.17, 15) is 9.59 Å². The molecular weight excluding hydrogens is 256 g/mol. The summed E-state index contributed by atoms with van der Waals surface area (Å²) in [6.45, 7) is 3.40. The molecule has 6 heteroatoms. The lowest BCUT2D eigenvalue weighted by Gasteiger charge is -2.11. The van der Waals surface area contributed by atoms with Crippen molar-refractivity contribution in [1.82, 2.24) is 15.6 Å². The molecule has 0 saturated carbocycles. The molecule has 108 valence electrons. The fourth-order valence-corrected chi connectivity index (χ4v) is 2.03. The molecule has 1 atom stereocenters. The molecule has 3 N–H and O–H groups in total. The lowest BCUT2D eigenvalue weighted by Crippen LogP contribution is -2.38. The van der Waals surface area contributed by atoms with Crippen LogP contribution in [0.25, 0.3) is 0 Å². The zero-order chi connectivity index (χ0) is 14.4. The number of amides is 2. The van der Waals surface area contributed by atoms with Gasteiger partial charge in [-0.1, -0.05) is 6.92 Å². The van der Waals surface area contributed by atoms with Gasteiger partial charge in [0, 0.05) is 31.7 Å². The highest BCUT2D eigenvalue weighted by molar-refractivity contribution is 5.94. The Kier molecular flexibility index (Phi) is 4.92. The molecule has 1 aliphatic rings. The minimum absolute atomic E-state index is 0.0462. The average Bonchev–Trinajstić information content (AvgIpc) is 2.89. The summed E-state index contributed by atoms with van der Waals surface area (Å²) in [7, 11) is 0. The molecule has 2 amide bonds. The number of rotatable bonds is 6. The summed E-state index contributed by atoms with van der Waals surface area (Å²) in [4.78, 5) is 27.2. The Balaban J connectivity index is 1.81. The molecular formula is C14H20N4O2. The number of nitrogens with one attached hydrogen (secondary N) is 3. The smallest absolute Gasteiger partial charge is 0.252 e. The van der Waals surface area contributed by atoms with Crippen LogP contribution in [-0.2, 0) is 4.79 Å². The lowest BCUT2D eigenvalue weighted by molar-refractivity contribution is -0.119. The maximum atomic E-state index is 11.9. The average molecular weight is 276 g/mol. The first-order valence-corrected chi connectivity index (χ1v) is 6.96. The molecule has 0 aliphatic carbocycles. The third-order valence-corrected chi connectivity index (χ3v) is 3.18. The van der Waals surface area contributed by atoms with Gasteiger partial charge in [0.15, 0.2) is 0 Å². The Morgan fingerprint density at radius 1 is 1.50 bits per heavy atom. The summed E-state index contributed by atoms with van der Waals surface area (Å²) in [6.07, 6.45) is 3.90. The second-order valence-electron chi connectivity index (χ2n) is 4.87. The zero-order valence-corrected chi connectivity index (χ0v) is 11.6. The van der Waals surface area contributed by atoms with Crippen LogP contribution in [0, 0.1) is 0 Å². The van der Waals surface area contributed by atoms with Crippen molar-refractivity contribution in [3.8, 4) is 0 Å². The van der Waals surface area contributed by atoms with Crippen LogP contribution < -0.4 is 16.0 Å². The van der Waals surface area contributed by atoms with Crippen LogP contribution in [0.5, 0.6) is 0 Å². The maximum Gasteiger partial charge on any atom is 0.252 e. The summed E-state index contributed by atoms with van der Waals surface area (Å²) in [6, 6.07) is 3.58. The molecule has 1 saturated heterocycles. The Hall–Kier alpha value is -2.11. The van der Waals surface area contributed by atoms with E-state index in [1.165, 1.54) is 0 Å². The van der Waals surface area contributed by atoms with Crippen molar-refractivity contribution in [2.75, 3.05) is 18.4 Å². The molecule has 2 heterocycles. The van der Waals surface area contributed by atoms with Crippen LogP contribution in [-0.4, -0.2) is 35.9 Å². The number of pyridine rings is 1. The molecule has 0 spiro atoms. The molecule has 0 aromatic carbocycles. The van der Waals surface area contributed by atoms with E-state index < -0.39 is 0 Å². The van der Waals surface area contributed by atoms with E-state index in [1.54, 1.807) is 18.3 Å². The summed E-state index contributed by atoms with van der Waals surface area (Å²) in [5, 5.41) is 8.78. The number of anilines is 1. The normalized spacial score (nSPS) is 17.6. The highest BCUT2D eigenvalue weighted by Crippen LogP contribution is 2.07. The van der Waals surface area contributed by atoms with Gasteiger partial charge in [-0.05, 0) is 25.0 Å². The van der Waals surface area contributed by atoms with E-state index in [-0.39, 0.29) is 17.9 Å². The molecule has 1 fully saturated rings. The maximum absolute atomic E-state index is 11.9. The van der Waals surface area contributed by atoms with Crippen molar-refractivity contribution < 1.29 is 9.59 Å². The third-order valence-electron chi connectivity index (χ3n) is 3.18. The highest BCUT2D eigenvalue weighted by Gasteiger charge is 2.21. The predicted octanol–water partition coefficient (Wildman–Crippen LogP) is 0.912. The van der Waals surface area contributed by atoms with E-state index in [1.807, 2.05) is 0 Å². The fourth-order valence-electron chi connectivity index (χ4n) is 2.03. The molecule has 6 nitrogen and oxygen atoms in total. The number of hydrogen-bond acceptors (Lipinski definition) is 4. The molecule has 1 unspecified atom stereocenters.